The van der Waals surface area contributed by atoms with Crippen molar-refractivity contribution in [2.24, 2.45) is 0 Å². The molecule has 1 saturated carbocycles. The number of benzene rings is 1. The maximum absolute atomic E-state index is 11.0. The van der Waals surface area contributed by atoms with Gasteiger partial charge in [-0.3, -0.25) is 0 Å². The third-order valence-electron chi connectivity index (χ3n) is 4.54. The fourth-order valence-corrected chi connectivity index (χ4v) is 3.10. The Labute approximate surface area is 135 Å². The van der Waals surface area contributed by atoms with Gasteiger partial charge in [-0.1, -0.05) is 30.3 Å². The standard InChI is InChI=1S/C17H21N5O/c18-16-20-14(19-13-6-7-13)10-15(21-16)22-9-8-17(23,11-22)12-4-2-1-3-5-12/h1-5,10,13,23H,6-9,11H2,(H3,18,19,20,21). The molecule has 0 spiro atoms. The summed E-state index contributed by atoms with van der Waals surface area (Å²) in [6.45, 7) is 1.25. The van der Waals surface area contributed by atoms with Crippen LogP contribution in [0.2, 0.25) is 0 Å². The Hall–Kier alpha value is -2.34. The number of β-amino-alcohol motifs (C(OH)–C–C–N with tert-alkyl or cyclic N) is 1. The zero-order chi connectivity index (χ0) is 15.9. The maximum atomic E-state index is 11.0. The molecule has 1 unspecified atom stereocenters. The molecule has 0 amide bonds. The fraction of sp³-hybridized carbons (Fsp3) is 0.412. The third-order valence-corrected chi connectivity index (χ3v) is 4.54. The first-order valence-corrected chi connectivity index (χ1v) is 8.06. The summed E-state index contributed by atoms with van der Waals surface area (Å²) in [6.07, 6.45) is 3.03. The van der Waals surface area contributed by atoms with Crippen LogP contribution < -0.4 is 16.0 Å². The van der Waals surface area contributed by atoms with Crippen molar-refractivity contribution in [1.29, 1.82) is 0 Å². The number of nitrogens with two attached hydrogens (primary N) is 1. The first-order chi connectivity index (χ1) is 11.1. The lowest BCUT2D eigenvalue weighted by molar-refractivity contribution is 0.0606. The van der Waals surface area contributed by atoms with Gasteiger partial charge in [0.05, 0.1) is 6.54 Å². The van der Waals surface area contributed by atoms with Crippen molar-refractivity contribution >= 4 is 17.6 Å². The van der Waals surface area contributed by atoms with E-state index in [2.05, 4.69) is 20.2 Å². The summed E-state index contributed by atoms with van der Waals surface area (Å²) in [4.78, 5) is 10.7. The van der Waals surface area contributed by atoms with Crippen LogP contribution in [0.15, 0.2) is 36.4 Å². The molecule has 1 atom stereocenters. The molecule has 6 heteroatoms. The second kappa shape index (κ2) is 5.38. The molecule has 2 heterocycles. The highest BCUT2D eigenvalue weighted by Gasteiger charge is 2.38. The van der Waals surface area contributed by atoms with Crippen LogP contribution in [0.4, 0.5) is 17.6 Å². The molecule has 2 aromatic rings. The smallest absolute Gasteiger partial charge is 0.223 e. The molecule has 0 bridgehead atoms. The molecule has 4 rings (SSSR count). The summed E-state index contributed by atoms with van der Waals surface area (Å²) in [5, 5.41) is 14.3. The van der Waals surface area contributed by atoms with Crippen molar-refractivity contribution < 1.29 is 5.11 Å². The zero-order valence-corrected chi connectivity index (χ0v) is 12.9. The number of rotatable bonds is 4. The second-order valence-electron chi connectivity index (χ2n) is 6.46. The molecule has 4 N–H and O–H groups in total. The molecule has 23 heavy (non-hydrogen) atoms. The lowest BCUT2D eigenvalue weighted by Gasteiger charge is -2.24. The van der Waals surface area contributed by atoms with E-state index in [4.69, 9.17) is 5.73 Å². The molecule has 0 radical (unpaired) electrons. The number of nitrogens with one attached hydrogen (secondary N) is 1. The normalized spacial score (nSPS) is 24.0. The number of anilines is 3. The van der Waals surface area contributed by atoms with E-state index in [-0.39, 0.29) is 5.95 Å². The van der Waals surface area contributed by atoms with Crippen LogP contribution in [0.5, 0.6) is 0 Å². The van der Waals surface area contributed by atoms with Crippen LogP contribution in [0.25, 0.3) is 0 Å². The molecule has 2 aliphatic rings. The Bertz CT molecular complexity index is 703. The molecular weight excluding hydrogens is 290 g/mol. The van der Waals surface area contributed by atoms with Crippen LogP contribution in [0.1, 0.15) is 24.8 Å². The minimum atomic E-state index is -0.842. The Morgan fingerprint density at radius 2 is 2.00 bits per heavy atom. The van der Waals surface area contributed by atoms with Crippen molar-refractivity contribution in [3.05, 3.63) is 42.0 Å². The molecule has 1 aromatic heterocycles. The van der Waals surface area contributed by atoms with Gasteiger partial charge in [0.1, 0.15) is 17.2 Å². The maximum Gasteiger partial charge on any atom is 0.223 e. The highest BCUT2D eigenvalue weighted by atomic mass is 16.3. The molecule has 1 aliphatic heterocycles. The molecule has 6 nitrogen and oxygen atoms in total. The van der Waals surface area contributed by atoms with Crippen LogP contribution in [-0.2, 0) is 5.60 Å². The average Bonchev–Trinajstić information content (AvgIpc) is 3.26. The van der Waals surface area contributed by atoms with Gasteiger partial charge in [0.15, 0.2) is 0 Å². The van der Waals surface area contributed by atoms with Gasteiger partial charge in [-0.25, -0.2) is 0 Å². The van der Waals surface area contributed by atoms with Crippen LogP contribution in [0.3, 0.4) is 0 Å². The molecule has 1 saturated heterocycles. The largest absolute Gasteiger partial charge is 0.383 e. The van der Waals surface area contributed by atoms with Crippen molar-refractivity contribution in [3.63, 3.8) is 0 Å². The minimum Gasteiger partial charge on any atom is -0.383 e. The summed E-state index contributed by atoms with van der Waals surface area (Å²) >= 11 is 0. The molecule has 120 valence electrons. The molecular formula is C17H21N5O. The van der Waals surface area contributed by atoms with Crippen LogP contribution in [-0.4, -0.2) is 34.2 Å². The van der Waals surface area contributed by atoms with Gasteiger partial charge < -0.3 is 21.1 Å². The Balaban J connectivity index is 1.56. The molecule has 1 aromatic carbocycles. The number of hydrogen-bond donors (Lipinski definition) is 3. The fourth-order valence-electron chi connectivity index (χ4n) is 3.10. The van der Waals surface area contributed by atoms with Crippen molar-refractivity contribution in [3.8, 4) is 0 Å². The Morgan fingerprint density at radius 3 is 2.74 bits per heavy atom. The summed E-state index contributed by atoms with van der Waals surface area (Å²) < 4.78 is 0. The lowest BCUT2D eigenvalue weighted by Crippen LogP contribution is -2.31. The van der Waals surface area contributed by atoms with Gasteiger partial charge in [-0.05, 0) is 24.8 Å². The van der Waals surface area contributed by atoms with E-state index < -0.39 is 5.60 Å². The highest BCUT2D eigenvalue weighted by Crippen LogP contribution is 2.35. The minimum absolute atomic E-state index is 0.265. The van der Waals surface area contributed by atoms with Crippen molar-refractivity contribution in [2.75, 3.05) is 29.0 Å². The van der Waals surface area contributed by atoms with Gasteiger partial charge in [0, 0.05) is 18.7 Å². The quantitative estimate of drug-likeness (QED) is 0.797. The Morgan fingerprint density at radius 1 is 1.22 bits per heavy atom. The SMILES string of the molecule is Nc1nc(NC2CC2)cc(N2CCC(O)(c3ccccc3)C2)n1. The van der Waals surface area contributed by atoms with Crippen LogP contribution in [0, 0.1) is 0 Å². The van der Waals surface area contributed by atoms with E-state index in [1.807, 2.05) is 36.4 Å². The van der Waals surface area contributed by atoms with Gasteiger partial charge >= 0.3 is 0 Å². The average molecular weight is 311 g/mol. The van der Waals surface area contributed by atoms with Gasteiger partial charge in [-0.2, -0.15) is 9.97 Å². The first kappa shape index (κ1) is 14.3. The van der Waals surface area contributed by atoms with E-state index in [9.17, 15) is 5.11 Å². The number of aliphatic hydroxyl groups is 1. The van der Waals surface area contributed by atoms with E-state index in [0.717, 1.165) is 23.7 Å². The van der Waals surface area contributed by atoms with E-state index in [0.29, 0.717) is 19.0 Å². The van der Waals surface area contributed by atoms with Crippen molar-refractivity contribution in [2.45, 2.75) is 30.9 Å². The Kier molecular flexibility index (Phi) is 3.34. The predicted molar refractivity (Wildman–Crippen MR) is 90.3 cm³/mol. The zero-order valence-electron chi connectivity index (χ0n) is 12.9. The molecule has 2 fully saturated rings. The number of nitrogens with zero attached hydrogens (tertiary/aromatic N) is 3. The van der Waals surface area contributed by atoms with Crippen molar-refractivity contribution in [1.82, 2.24) is 9.97 Å². The number of hydrogen-bond acceptors (Lipinski definition) is 6. The van der Waals surface area contributed by atoms with Gasteiger partial charge in [-0.15, -0.1) is 0 Å². The number of aromatic nitrogens is 2. The lowest BCUT2D eigenvalue weighted by atomic mass is 9.93. The summed E-state index contributed by atoms with van der Waals surface area (Å²) in [5.41, 5.74) is 5.95. The molecule has 1 aliphatic carbocycles. The highest BCUT2D eigenvalue weighted by molar-refractivity contribution is 5.54. The van der Waals surface area contributed by atoms with Crippen LogP contribution >= 0.6 is 0 Å². The topological polar surface area (TPSA) is 87.3 Å². The van der Waals surface area contributed by atoms with E-state index >= 15 is 0 Å². The summed E-state index contributed by atoms with van der Waals surface area (Å²) in [7, 11) is 0. The summed E-state index contributed by atoms with van der Waals surface area (Å²) in [6, 6.07) is 12.2. The summed E-state index contributed by atoms with van der Waals surface area (Å²) in [5.74, 6) is 1.80. The van der Waals surface area contributed by atoms with Gasteiger partial charge in [0.2, 0.25) is 5.95 Å². The number of nitrogen functional groups attached to an aromatic ring is 1. The second-order valence-corrected chi connectivity index (χ2v) is 6.46. The van der Waals surface area contributed by atoms with Gasteiger partial charge in [0.25, 0.3) is 0 Å². The van der Waals surface area contributed by atoms with E-state index in [1.54, 1.807) is 0 Å². The third kappa shape index (κ3) is 2.94. The monoisotopic (exact) mass is 311 g/mol. The predicted octanol–water partition coefficient (Wildman–Crippen LogP) is 1.73. The first-order valence-electron chi connectivity index (χ1n) is 8.06. The van der Waals surface area contributed by atoms with E-state index in [1.165, 1.54) is 12.8 Å².